The third kappa shape index (κ3) is 3.00. The largest absolute Gasteiger partial charge is 0.494 e. The van der Waals surface area contributed by atoms with Crippen LogP contribution in [0.1, 0.15) is 11.3 Å². The van der Waals surface area contributed by atoms with Gasteiger partial charge in [-0.1, -0.05) is 0 Å². The number of ether oxygens (including phenoxy) is 1. The third-order valence-corrected chi connectivity index (χ3v) is 3.31. The maximum atomic E-state index is 8.67. The van der Waals surface area contributed by atoms with Crippen LogP contribution in [-0.2, 0) is 0 Å². The van der Waals surface area contributed by atoms with E-state index in [4.69, 9.17) is 15.6 Å². The molecule has 1 heterocycles. The average molecular weight is 264 g/mol. The molecule has 0 aliphatic heterocycles. The van der Waals surface area contributed by atoms with Gasteiger partial charge in [0.15, 0.2) is 5.13 Å². The number of nitrogens with zero attached hydrogens (tertiary/aromatic N) is 1. The molecule has 0 aliphatic carbocycles. The zero-order valence-electron chi connectivity index (χ0n) is 10.2. The van der Waals surface area contributed by atoms with E-state index in [1.165, 1.54) is 11.3 Å². The molecular formula is C13H16N2O2S. The zero-order valence-corrected chi connectivity index (χ0v) is 11.0. The van der Waals surface area contributed by atoms with Gasteiger partial charge in [0.1, 0.15) is 5.75 Å². The molecule has 1 aromatic heterocycles. The van der Waals surface area contributed by atoms with Gasteiger partial charge in [0.2, 0.25) is 0 Å². The van der Waals surface area contributed by atoms with Gasteiger partial charge in [-0.05, 0) is 31.2 Å². The summed E-state index contributed by atoms with van der Waals surface area (Å²) in [5.41, 5.74) is 7.65. The summed E-state index contributed by atoms with van der Waals surface area (Å²) in [5.74, 6) is 0.799. The van der Waals surface area contributed by atoms with Crippen molar-refractivity contribution in [3.05, 3.63) is 29.1 Å². The normalized spacial score (nSPS) is 10.6. The highest BCUT2D eigenvalue weighted by molar-refractivity contribution is 7.15. The van der Waals surface area contributed by atoms with E-state index in [9.17, 15) is 0 Å². The first-order chi connectivity index (χ1) is 8.70. The maximum Gasteiger partial charge on any atom is 0.180 e. The lowest BCUT2D eigenvalue weighted by Gasteiger charge is -2.05. The summed E-state index contributed by atoms with van der Waals surface area (Å²) >= 11 is 1.49. The molecule has 0 radical (unpaired) electrons. The summed E-state index contributed by atoms with van der Waals surface area (Å²) < 4.78 is 5.47. The number of aliphatic hydroxyl groups is 1. The van der Waals surface area contributed by atoms with Crippen LogP contribution >= 0.6 is 11.3 Å². The van der Waals surface area contributed by atoms with E-state index < -0.39 is 0 Å². The zero-order chi connectivity index (χ0) is 13.0. The number of hydrogen-bond acceptors (Lipinski definition) is 5. The van der Waals surface area contributed by atoms with E-state index in [0.717, 1.165) is 21.9 Å². The van der Waals surface area contributed by atoms with Gasteiger partial charge in [-0.3, -0.25) is 0 Å². The number of rotatable bonds is 5. The van der Waals surface area contributed by atoms with Crippen LogP contribution < -0.4 is 10.5 Å². The molecule has 0 atom stereocenters. The van der Waals surface area contributed by atoms with Crippen LogP contribution in [0.15, 0.2) is 24.3 Å². The lowest BCUT2D eigenvalue weighted by Crippen LogP contribution is -1.99. The Morgan fingerprint density at radius 1 is 1.33 bits per heavy atom. The van der Waals surface area contributed by atoms with Gasteiger partial charge in [0.25, 0.3) is 0 Å². The highest BCUT2D eigenvalue weighted by atomic mass is 32.1. The minimum atomic E-state index is 0.148. The molecule has 5 heteroatoms. The van der Waals surface area contributed by atoms with Crippen molar-refractivity contribution >= 4 is 16.5 Å². The van der Waals surface area contributed by atoms with E-state index in [2.05, 4.69) is 4.98 Å². The van der Waals surface area contributed by atoms with Crippen LogP contribution in [0.3, 0.4) is 0 Å². The van der Waals surface area contributed by atoms with Crippen LogP contribution in [-0.4, -0.2) is 23.3 Å². The van der Waals surface area contributed by atoms with E-state index in [1.807, 2.05) is 31.2 Å². The molecule has 96 valence electrons. The fraction of sp³-hybridized carbons (Fsp3) is 0.308. The minimum absolute atomic E-state index is 0.148. The molecule has 0 unspecified atom stereocenters. The van der Waals surface area contributed by atoms with Gasteiger partial charge in [-0.25, -0.2) is 4.98 Å². The first-order valence-electron chi connectivity index (χ1n) is 5.77. The van der Waals surface area contributed by atoms with Crippen molar-refractivity contribution in [1.82, 2.24) is 4.98 Å². The SMILES string of the molecule is Cc1sc(N)nc1-c1ccc(OCCCO)cc1. The Bertz CT molecular complexity index is 508. The molecular weight excluding hydrogens is 248 g/mol. The summed E-state index contributed by atoms with van der Waals surface area (Å²) in [4.78, 5) is 5.42. The Labute approximate surface area is 110 Å². The molecule has 0 spiro atoms. The number of aromatic nitrogens is 1. The Balaban J connectivity index is 2.10. The summed E-state index contributed by atoms with van der Waals surface area (Å²) in [6.07, 6.45) is 0.642. The van der Waals surface area contributed by atoms with Crippen molar-refractivity contribution < 1.29 is 9.84 Å². The van der Waals surface area contributed by atoms with E-state index >= 15 is 0 Å². The highest BCUT2D eigenvalue weighted by Gasteiger charge is 2.07. The highest BCUT2D eigenvalue weighted by Crippen LogP contribution is 2.29. The van der Waals surface area contributed by atoms with Gasteiger partial charge in [0, 0.05) is 23.5 Å². The molecule has 1 aromatic carbocycles. The topological polar surface area (TPSA) is 68.4 Å². The Kier molecular flexibility index (Phi) is 4.17. The summed E-state index contributed by atoms with van der Waals surface area (Å²) in [7, 11) is 0. The van der Waals surface area contributed by atoms with Crippen molar-refractivity contribution in [2.45, 2.75) is 13.3 Å². The number of nitrogen functional groups attached to an aromatic ring is 1. The van der Waals surface area contributed by atoms with Gasteiger partial charge in [0.05, 0.1) is 12.3 Å². The average Bonchev–Trinajstić information content (AvgIpc) is 2.70. The first kappa shape index (κ1) is 12.9. The summed E-state index contributed by atoms with van der Waals surface area (Å²) in [5, 5.41) is 9.26. The van der Waals surface area contributed by atoms with Crippen molar-refractivity contribution in [2.24, 2.45) is 0 Å². The van der Waals surface area contributed by atoms with Crippen molar-refractivity contribution in [3.63, 3.8) is 0 Å². The van der Waals surface area contributed by atoms with Crippen LogP contribution in [0, 0.1) is 6.92 Å². The standard InChI is InChI=1S/C13H16N2O2S/c1-9-12(15-13(14)18-9)10-3-5-11(6-4-10)17-8-2-7-16/h3-6,16H,2,7-8H2,1H3,(H2,14,15). The van der Waals surface area contributed by atoms with Gasteiger partial charge >= 0.3 is 0 Å². The number of anilines is 1. The number of aliphatic hydroxyl groups excluding tert-OH is 1. The lowest BCUT2D eigenvalue weighted by molar-refractivity contribution is 0.233. The molecule has 0 amide bonds. The smallest absolute Gasteiger partial charge is 0.180 e. The number of hydrogen-bond donors (Lipinski definition) is 2. The number of nitrogens with two attached hydrogens (primary N) is 1. The number of thiazole rings is 1. The fourth-order valence-electron chi connectivity index (χ4n) is 1.65. The Morgan fingerprint density at radius 3 is 2.61 bits per heavy atom. The van der Waals surface area contributed by atoms with E-state index in [0.29, 0.717) is 18.2 Å². The molecule has 3 N–H and O–H groups in total. The van der Waals surface area contributed by atoms with Gasteiger partial charge < -0.3 is 15.6 Å². The van der Waals surface area contributed by atoms with Crippen LogP contribution in [0.25, 0.3) is 11.3 Å². The van der Waals surface area contributed by atoms with Gasteiger partial charge in [-0.2, -0.15) is 0 Å². The summed E-state index contributed by atoms with van der Waals surface area (Å²) in [6, 6.07) is 7.74. The van der Waals surface area contributed by atoms with Crippen molar-refractivity contribution in [3.8, 4) is 17.0 Å². The Morgan fingerprint density at radius 2 is 2.06 bits per heavy atom. The first-order valence-corrected chi connectivity index (χ1v) is 6.59. The number of benzene rings is 1. The second-order valence-corrected chi connectivity index (χ2v) is 5.14. The molecule has 0 bridgehead atoms. The van der Waals surface area contributed by atoms with E-state index in [1.54, 1.807) is 0 Å². The predicted molar refractivity (Wildman–Crippen MR) is 73.9 cm³/mol. The minimum Gasteiger partial charge on any atom is -0.494 e. The van der Waals surface area contributed by atoms with Crippen LogP contribution in [0.5, 0.6) is 5.75 Å². The van der Waals surface area contributed by atoms with Crippen molar-refractivity contribution in [1.29, 1.82) is 0 Å². The molecule has 18 heavy (non-hydrogen) atoms. The molecule has 2 rings (SSSR count). The van der Waals surface area contributed by atoms with Gasteiger partial charge in [-0.15, -0.1) is 11.3 Å². The molecule has 0 saturated heterocycles. The Hall–Kier alpha value is -1.59. The molecule has 2 aromatic rings. The summed E-state index contributed by atoms with van der Waals surface area (Å²) in [6.45, 7) is 2.68. The maximum absolute atomic E-state index is 8.67. The second kappa shape index (κ2) is 5.84. The fourth-order valence-corrected chi connectivity index (χ4v) is 2.36. The van der Waals surface area contributed by atoms with Crippen LogP contribution in [0.2, 0.25) is 0 Å². The monoisotopic (exact) mass is 264 g/mol. The third-order valence-electron chi connectivity index (χ3n) is 2.51. The quantitative estimate of drug-likeness (QED) is 0.814. The van der Waals surface area contributed by atoms with Crippen LogP contribution in [0.4, 0.5) is 5.13 Å². The van der Waals surface area contributed by atoms with Crippen molar-refractivity contribution in [2.75, 3.05) is 18.9 Å². The molecule has 0 aliphatic rings. The lowest BCUT2D eigenvalue weighted by atomic mass is 10.1. The predicted octanol–water partition coefficient (Wildman–Crippen LogP) is 2.46. The molecule has 0 fully saturated rings. The molecule has 4 nitrogen and oxygen atoms in total. The number of aryl methyl sites for hydroxylation is 1. The molecule has 0 saturated carbocycles. The van der Waals surface area contributed by atoms with E-state index in [-0.39, 0.29) is 6.61 Å². The second-order valence-electron chi connectivity index (χ2n) is 3.91.